The number of nitrogens with zero attached hydrogens (tertiary/aromatic N) is 2. The molecule has 2 N–H and O–H groups in total. The monoisotopic (exact) mass is 348 g/mol. The van der Waals surface area contributed by atoms with Crippen LogP contribution in [0.4, 0.5) is 0 Å². The predicted molar refractivity (Wildman–Crippen MR) is 102 cm³/mol. The van der Waals surface area contributed by atoms with Crippen molar-refractivity contribution in [1.29, 1.82) is 5.26 Å². The van der Waals surface area contributed by atoms with Crippen LogP contribution in [0.15, 0.2) is 30.1 Å². The van der Waals surface area contributed by atoms with Gasteiger partial charge in [0.25, 0.3) is 0 Å². The summed E-state index contributed by atoms with van der Waals surface area (Å²) in [4.78, 5) is 7.81. The van der Waals surface area contributed by atoms with Crippen molar-refractivity contribution in [2.24, 2.45) is 5.92 Å². The molecule has 0 saturated carbocycles. The second-order valence-electron chi connectivity index (χ2n) is 7.26. The van der Waals surface area contributed by atoms with Crippen molar-refractivity contribution in [3.8, 4) is 6.07 Å². The summed E-state index contributed by atoms with van der Waals surface area (Å²) in [5, 5.41) is 14.5. The normalized spacial score (nSPS) is 21.2. The van der Waals surface area contributed by atoms with Crippen molar-refractivity contribution >= 4 is 16.6 Å². The fourth-order valence-electron chi connectivity index (χ4n) is 3.96. The first kappa shape index (κ1) is 16.9. The van der Waals surface area contributed by atoms with Gasteiger partial charge in [-0.3, -0.25) is 0 Å². The van der Waals surface area contributed by atoms with Crippen LogP contribution < -0.4 is 5.32 Å². The quantitative estimate of drug-likeness (QED) is 0.886. The Bertz CT molecular complexity index is 925. The van der Waals surface area contributed by atoms with E-state index in [0.29, 0.717) is 6.04 Å². The minimum atomic E-state index is -0.138. The molecular formula is C21H24N4O. The molecule has 2 aliphatic rings. The number of rotatable bonds is 3. The summed E-state index contributed by atoms with van der Waals surface area (Å²) in [5.74, 6) is -0.138. The molecule has 0 amide bonds. The van der Waals surface area contributed by atoms with E-state index < -0.39 is 0 Å². The zero-order valence-corrected chi connectivity index (χ0v) is 15.3. The molecule has 0 radical (unpaired) electrons. The van der Waals surface area contributed by atoms with Crippen LogP contribution in [0, 0.1) is 31.1 Å². The number of nitriles is 1. The van der Waals surface area contributed by atoms with E-state index in [1.807, 2.05) is 13.1 Å². The first-order valence-corrected chi connectivity index (χ1v) is 9.25. The van der Waals surface area contributed by atoms with Gasteiger partial charge in [0.15, 0.2) is 0 Å². The van der Waals surface area contributed by atoms with Crippen LogP contribution in [0.25, 0.3) is 16.6 Å². The lowest BCUT2D eigenvalue weighted by Gasteiger charge is -2.29. The van der Waals surface area contributed by atoms with Gasteiger partial charge in [0, 0.05) is 42.2 Å². The Hall–Kier alpha value is -2.58. The lowest BCUT2D eigenvalue weighted by atomic mass is 9.85. The van der Waals surface area contributed by atoms with E-state index in [1.165, 1.54) is 11.1 Å². The number of nitrogens with one attached hydrogen (secondary N) is 2. The van der Waals surface area contributed by atoms with Crippen LogP contribution in [0.3, 0.4) is 0 Å². The molecule has 3 heterocycles. The molecule has 2 aromatic heterocycles. The van der Waals surface area contributed by atoms with Gasteiger partial charge in [0.1, 0.15) is 5.65 Å². The molecule has 0 spiro atoms. The van der Waals surface area contributed by atoms with Gasteiger partial charge in [0.2, 0.25) is 0 Å². The number of ether oxygens (including phenoxy) is 1. The number of hydrogen-bond donors (Lipinski definition) is 2. The predicted octanol–water partition coefficient (Wildman–Crippen LogP) is 3.76. The Morgan fingerprint density at radius 3 is 2.85 bits per heavy atom. The molecule has 4 rings (SSSR count). The van der Waals surface area contributed by atoms with E-state index in [-0.39, 0.29) is 5.92 Å². The third-order valence-corrected chi connectivity index (χ3v) is 5.32. The summed E-state index contributed by atoms with van der Waals surface area (Å²) in [6, 6.07) is 5.04. The van der Waals surface area contributed by atoms with Gasteiger partial charge < -0.3 is 15.0 Å². The molecule has 1 fully saturated rings. The number of allylic oxidation sites excluding steroid dienone is 4. The second kappa shape index (κ2) is 6.97. The fourth-order valence-corrected chi connectivity index (χ4v) is 3.96. The minimum Gasteiger partial charge on any atom is -0.384 e. The summed E-state index contributed by atoms with van der Waals surface area (Å²) in [5.41, 5.74) is 6.61. The molecular weight excluding hydrogens is 324 g/mol. The van der Waals surface area contributed by atoms with E-state index in [9.17, 15) is 5.26 Å². The van der Waals surface area contributed by atoms with Crippen LogP contribution in [0.1, 0.15) is 36.1 Å². The summed E-state index contributed by atoms with van der Waals surface area (Å²) >= 11 is 0. The molecule has 2 aromatic rings. The van der Waals surface area contributed by atoms with E-state index in [2.05, 4.69) is 46.5 Å². The van der Waals surface area contributed by atoms with Crippen LogP contribution in [0.2, 0.25) is 0 Å². The number of H-pyrrole nitrogens is 1. The SMILES string of the molecule is Cc1cc2c(C3=CC=C(NC4CCOCC4)C(C#N)C3)c(C)cnc2[nH]1. The molecule has 5 heteroatoms. The molecule has 0 bridgehead atoms. The van der Waals surface area contributed by atoms with Gasteiger partial charge >= 0.3 is 0 Å². The van der Waals surface area contributed by atoms with Gasteiger partial charge in [-0.05, 0) is 62.0 Å². The molecule has 1 aliphatic carbocycles. The zero-order chi connectivity index (χ0) is 18.1. The van der Waals surface area contributed by atoms with E-state index in [4.69, 9.17) is 4.74 Å². The molecule has 1 aliphatic heterocycles. The highest BCUT2D eigenvalue weighted by atomic mass is 16.5. The molecule has 1 saturated heterocycles. The lowest BCUT2D eigenvalue weighted by Crippen LogP contribution is -2.36. The van der Waals surface area contributed by atoms with Crippen LogP contribution in [-0.4, -0.2) is 29.2 Å². The molecule has 0 aromatic carbocycles. The maximum Gasteiger partial charge on any atom is 0.138 e. The second-order valence-corrected chi connectivity index (χ2v) is 7.26. The number of hydrogen-bond acceptors (Lipinski definition) is 4. The summed E-state index contributed by atoms with van der Waals surface area (Å²) in [6.07, 6.45) is 8.89. The van der Waals surface area contributed by atoms with Gasteiger partial charge in [0.05, 0.1) is 12.0 Å². The molecule has 134 valence electrons. The van der Waals surface area contributed by atoms with Crippen LogP contribution in [-0.2, 0) is 4.74 Å². The summed E-state index contributed by atoms with van der Waals surface area (Å²) in [7, 11) is 0. The molecule has 5 nitrogen and oxygen atoms in total. The number of aryl methyl sites for hydroxylation is 2. The van der Waals surface area contributed by atoms with Crippen molar-refractivity contribution in [3.63, 3.8) is 0 Å². The van der Waals surface area contributed by atoms with E-state index in [1.54, 1.807) is 0 Å². The largest absolute Gasteiger partial charge is 0.384 e. The minimum absolute atomic E-state index is 0.138. The first-order chi connectivity index (χ1) is 12.7. The Kier molecular flexibility index (Phi) is 4.52. The van der Waals surface area contributed by atoms with Crippen molar-refractivity contribution in [2.75, 3.05) is 13.2 Å². The van der Waals surface area contributed by atoms with E-state index in [0.717, 1.165) is 60.5 Å². The Balaban J connectivity index is 1.68. The van der Waals surface area contributed by atoms with Gasteiger partial charge in [-0.25, -0.2) is 4.98 Å². The average Bonchev–Trinajstić information content (AvgIpc) is 3.03. The number of pyridine rings is 1. The zero-order valence-electron chi connectivity index (χ0n) is 15.3. The highest BCUT2D eigenvalue weighted by molar-refractivity contribution is 5.92. The van der Waals surface area contributed by atoms with Gasteiger partial charge in [-0.2, -0.15) is 5.26 Å². The van der Waals surface area contributed by atoms with Crippen molar-refractivity contribution in [1.82, 2.24) is 15.3 Å². The van der Waals surface area contributed by atoms with Crippen molar-refractivity contribution in [3.05, 3.63) is 46.9 Å². The summed E-state index contributed by atoms with van der Waals surface area (Å²) in [6.45, 7) is 5.73. The highest BCUT2D eigenvalue weighted by Crippen LogP contribution is 2.35. The van der Waals surface area contributed by atoms with Crippen LogP contribution >= 0.6 is 0 Å². The van der Waals surface area contributed by atoms with E-state index >= 15 is 0 Å². The van der Waals surface area contributed by atoms with Crippen molar-refractivity contribution in [2.45, 2.75) is 39.2 Å². The maximum atomic E-state index is 9.74. The maximum absolute atomic E-state index is 9.74. The molecule has 26 heavy (non-hydrogen) atoms. The molecule has 1 atom stereocenters. The average molecular weight is 348 g/mol. The summed E-state index contributed by atoms with van der Waals surface area (Å²) < 4.78 is 5.43. The van der Waals surface area contributed by atoms with Crippen molar-refractivity contribution < 1.29 is 4.74 Å². The third-order valence-electron chi connectivity index (χ3n) is 5.32. The highest BCUT2D eigenvalue weighted by Gasteiger charge is 2.25. The molecule has 1 unspecified atom stereocenters. The Morgan fingerprint density at radius 1 is 1.27 bits per heavy atom. The standard InChI is InChI=1S/C21H24N4O/c1-13-12-23-21-18(9-14(2)24-21)20(13)15-3-4-19(16(10-15)11-22)25-17-5-7-26-8-6-17/h3-4,9,12,16-17,25H,5-8,10H2,1-2H3,(H,23,24). The lowest BCUT2D eigenvalue weighted by molar-refractivity contribution is 0.0798. The number of fused-ring (bicyclic) bond motifs is 1. The topological polar surface area (TPSA) is 73.7 Å². The number of aromatic nitrogens is 2. The van der Waals surface area contributed by atoms with Gasteiger partial charge in [-0.1, -0.05) is 6.08 Å². The van der Waals surface area contributed by atoms with Gasteiger partial charge in [-0.15, -0.1) is 0 Å². The number of aromatic amines is 1. The Morgan fingerprint density at radius 2 is 2.08 bits per heavy atom. The fraction of sp³-hybridized carbons (Fsp3) is 0.429. The Labute approximate surface area is 153 Å². The van der Waals surface area contributed by atoms with Crippen LogP contribution in [0.5, 0.6) is 0 Å². The third kappa shape index (κ3) is 3.13. The smallest absolute Gasteiger partial charge is 0.138 e. The first-order valence-electron chi connectivity index (χ1n) is 9.25.